The molecule has 1 aliphatic heterocycles. The Balaban J connectivity index is 1.68. The summed E-state index contributed by atoms with van der Waals surface area (Å²) in [6, 6.07) is 7.74. The first-order valence-corrected chi connectivity index (χ1v) is 6.98. The number of nitrogens with zero attached hydrogens (tertiary/aromatic N) is 2. The van der Waals surface area contributed by atoms with Crippen LogP contribution in [0.5, 0.6) is 0 Å². The van der Waals surface area contributed by atoms with Crippen molar-refractivity contribution >= 4 is 17.8 Å². The second-order valence-electron chi connectivity index (χ2n) is 5.13. The maximum Gasteiger partial charge on any atom is 0.417 e. The molecule has 0 radical (unpaired) electrons. The predicted molar refractivity (Wildman–Crippen MR) is 76.0 cm³/mol. The van der Waals surface area contributed by atoms with Gasteiger partial charge in [-0.2, -0.15) is 13.2 Å². The lowest BCUT2D eigenvalue weighted by molar-refractivity contribution is -0.167. The Hall–Kier alpha value is -3.23. The van der Waals surface area contributed by atoms with Crippen LogP contribution >= 0.6 is 0 Å². The second-order valence-corrected chi connectivity index (χ2v) is 5.13. The Labute approximate surface area is 138 Å². The average molecular weight is 350 g/mol. The minimum absolute atomic E-state index is 0.00890. The lowest BCUT2D eigenvalue weighted by atomic mass is 10.1. The van der Waals surface area contributed by atoms with E-state index in [9.17, 15) is 27.6 Å². The summed E-state index contributed by atoms with van der Waals surface area (Å²) in [7, 11) is 0. The summed E-state index contributed by atoms with van der Waals surface area (Å²) in [6.45, 7) is 0. The van der Waals surface area contributed by atoms with E-state index in [0.717, 1.165) is 12.1 Å². The fourth-order valence-corrected chi connectivity index (χ4v) is 2.23. The van der Waals surface area contributed by atoms with E-state index < -0.39 is 35.9 Å². The number of hydrogen-bond donors (Lipinski definition) is 0. The molecule has 0 fully saturated rings. The van der Waals surface area contributed by atoms with Crippen LogP contribution < -0.4 is 0 Å². The van der Waals surface area contributed by atoms with Gasteiger partial charge in [0.15, 0.2) is 0 Å². The van der Waals surface area contributed by atoms with Crippen molar-refractivity contribution in [2.45, 2.75) is 12.6 Å². The van der Waals surface area contributed by atoms with Crippen molar-refractivity contribution in [3.05, 3.63) is 65.0 Å². The molecule has 0 aliphatic carbocycles. The summed E-state index contributed by atoms with van der Waals surface area (Å²) in [6.07, 6.45) is -4.44. The molecule has 0 atom stereocenters. The van der Waals surface area contributed by atoms with Gasteiger partial charge in [0.2, 0.25) is 0 Å². The van der Waals surface area contributed by atoms with E-state index in [1.807, 2.05) is 0 Å². The van der Waals surface area contributed by atoms with Gasteiger partial charge >= 0.3 is 12.1 Å². The van der Waals surface area contributed by atoms with Crippen LogP contribution in [0.4, 0.5) is 13.2 Å². The zero-order valence-corrected chi connectivity index (χ0v) is 12.4. The van der Waals surface area contributed by atoms with Crippen LogP contribution in [0.15, 0.2) is 42.6 Å². The molecule has 0 unspecified atom stereocenters. The number of carbonyl (C=O) groups is 3. The highest BCUT2D eigenvalue weighted by Crippen LogP contribution is 2.28. The van der Waals surface area contributed by atoms with Gasteiger partial charge in [-0.15, -0.1) is 0 Å². The van der Waals surface area contributed by atoms with Crippen molar-refractivity contribution in [2.24, 2.45) is 0 Å². The molecule has 0 saturated heterocycles. The van der Waals surface area contributed by atoms with E-state index in [-0.39, 0.29) is 16.8 Å². The quantitative estimate of drug-likeness (QED) is 0.795. The van der Waals surface area contributed by atoms with Crippen LogP contribution in [0, 0.1) is 0 Å². The molecule has 0 spiro atoms. The molecule has 1 aliphatic rings. The van der Waals surface area contributed by atoms with Gasteiger partial charge in [0, 0.05) is 6.20 Å². The molecule has 3 rings (SSSR count). The number of hydroxylamine groups is 2. The average Bonchev–Trinajstić information content (AvgIpc) is 2.80. The Bertz CT molecular complexity index is 827. The minimum Gasteiger partial charge on any atom is -0.329 e. The van der Waals surface area contributed by atoms with Gasteiger partial charge in [0.05, 0.1) is 28.8 Å². The van der Waals surface area contributed by atoms with Gasteiger partial charge < -0.3 is 4.84 Å². The number of pyridine rings is 1. The van der Waals surface area contributed by atoms with E-state index in [2.05, 4.69) is 4.98 Å². The smallest absolute Gasteiger partial charge is 0.329 e. The maximum absolute atomic E-state index is 12.5. The summed E-state index contributed by atoms with van der Waals surface area (Å²) in [5, 5.41) is 0.330. The van der Waals surface area contributed by atoms with Gasteiger partial charge in [-0.1, -0.05) is 17.2 Å². The van der Waals surface area contributed by atoms with Crippen molar-refractivity contribution in [1.82, 2.24) is 10.0 Å². The number of imide groups is 1. The molecule has 128 valence electrons. The van der Waals surface area contributed by atoms with Gasteiger partial charge in [-0.3, -0.25) is 14.6 Å². The lowest BCUT2D eigenvalue weighted by Gasteiger charge is -2.12. The van der Waals surface area contributed by atoms with Gasteiger partial charge in [-0.05, 0) is 24.3 Å². The largest absolute Gasteiger partial charge is 0.417 e. The van der Waals surface area contributed by atoms with E-state index in [1.54, 1.807) is 12.1 Å². The number of amides is 2. The minimum atomic E-state index is -4.54. The first-order chi connectivity index (χ1) is 11.8. The van der Waals surface area contributed by atoms with Crippen molar-refractivity contribution in [1.29, 1.82) is 0 Å². The van der Waals surface area contributed by atoms with E-state index >= 15 is 0 Å². The SMILES string of the molecule is O=C(Cc1ccc(C(F)(F)F)cn1)ON1C(=O)c2ccccc2C1=O. The summed E-state index contributed by atoms with van der Waals surface area (Å²) in [4.78, 5) is 44.2. The molecule has 6 nitrogen and oxygen atoms in total. The number of alkyl halides is 3. The highest BCUT2D eigenvalue weighted by atomic mass is 19.4. The van der Waals surface area contributed by atoms with Gasteiger partial charge in [0.25, 0.3) is 11.8 Å². The zero-order chi connectivity index (χ0) is 18.2. The molecule has 0 N–H and O–H groups in total. The van der Waals surface area contributed by atoms with E-state index in [4.69, 9.17) is 4.84 Å². The molecule has 0 bridgehead atoms. The number of rotatable bonds is 3. The Kier molecular flexibility index (Phi) is 3.99. The second kappa shape index (κ2) is 6.00. The molecule has 9 heteroatoms. The fraction of sp³-hybridized carbons (Fsp3) is 0.125. The summed E-state index contributed by atoms with van der Waals surface area (Å²) in [5.74, 6) is -2.56. The van der Waals surface area contributed by atoms with E-state index in [1.165, 1.54) is 12.1 Å². The monoisotopic (exact) mass is 350 g/mol. The number of fused-ring (bicyclic) bond motifs is 1. The third-order valence-electron chi connectivity index (χ3n) is 3.43. The summed E-state index contributed by atoms with van der Waals surface area (Å²) < 4.78 is 37.4. The molecule has 2 heterocycles. The molecule has 2 amide bonds. The van der Waals surface area contributed by atoms with Gasteiger partial charge in [0.1, 0.15) is 0 Å². The Morgan fingerprint density at radius 2 is 1.64 bits per heavy atom. The van der Waals surface area contributed by atoms with Crippen molar-refractivity contribution in [3.63, 3.8) is 0 Å². The van der Waals surface area contributed by atoms with Crippen LogP contribution in [-0.4, -0.2) is 27.8 Å². The topological polar surface area (TPSA) is 76.6 Å². The van der Waals surface area contributed by atoms with Crippen molar-refractivity contribution in [3.8, 4) is 0 Å². The maximum atomic E-state index is 12.5. The number of hydrogen-bond acceptors (Lipinski definition) is 5. The highest BCUT2D eigenvalue weighted by molar-refractivity contribution is 6.20. The number of benzene rings is 1. The molecule has 25 heavy (non-hydrogen) atoms. The van der Waals surface area contributed by atoms with Crippen LogP contribution in [0.2, 0.25) is 0 Å². The fourth-order valence-electron chi connectivity index (χ4n) is 2.23. The van der Waals surface area contributed by atoms with E-state index in [0.29, 0.717) is 11.3 Å². The molecular weight excluding hydrogens is 341 g/mol. The van der Waals surface area contributed by atoms with Crippen LogP contribution in [-0.2, 0) is 22.2 Å². The summed E-state index contributed by atoms with van der Waals surface area (Å²) >= 11 is 0. The number of halogens is 3. The molecule has 1 aromatic carbocycles. The Morgan fingerprint density at radius 3 is 2.12 bits per heavy atom. The first-order valence-electron chi connectivity index (χ1n) is 6.98. The standard InChI is InChI=1S/C16H9F3N2O4/c17-16(18,19)9-5-6-10(20-8-9)7-13(22)25-21-14(23)11-3-1-2-4-12(11)15(21)24/h1-6,8H,7H2. The molecule has 2 aromatic rings. The van der Waals surface area contributed by atoms with Crippen LogP contribution in [0.3, 0.4) is 0 Å². The van der Waals surface area contributed by atoms with Crippen molar-refractivity contribution < 1.29 is 32.4 Å². The van der Waals surface area contributed by atoms with Gasteiger partial charge in [-0.25, -0.2) is 4.79 Å². The third-order valence-corrected chi connectivity index (χ3v) is 3.43. The number of aromatic nitrogens is 1. The van der Waals surface area contributed by atoms with Crippen LogP contribution in [0.25, 0.3) is 0 Å². The highest BCUT2D eigenvalue weighted by Gasteiger charge is 2.38. The van der Waals surface area contributed by atoms with Crippen LogP contribution in [0.1, 0.15) is 32.0 Å². The molecule has 0 saturated carbocycles. The third kappa shape index (κ3) is 3.21. The molecular formula is C16H9F3N2O4. The lowest BCUT2D eigenvalue weighted by Crippen LogP contribution is -2.33. The first kappa shape index (κ1) is 16.6. The normalized spacial score (nSPS) is 13.8. The predicted octanol–water partition coefficient (Wildman–Crippen LogP) is 2.40. The molecule has 1 aromatic heterocycles. The van der Waals surface area contributed by atoms with Crippen molar-refractivity contribution in [2.75, 3.05) is 0 Å². The zero-order valence-electron chi connectivity index (χ0n) is 12.4. The summed E-state index contributed by atoms with van der Waals surface area (Å²) in [5.41, 5.74) is -0.736. The Morgan fingerprint density at radius 1 is 1.04 bits per heavy atom. The number of carbonyl (C=O) groups excluding carboxylic acids is 3.